The summed E-state index contributed by atoms with van der Waals surface area (Å²) in [5, 5.41) is 0. The Kier molecular flexibility index (Phi) is 5.36. The highest BCUT2D eigenvalue weighted by Crippen LogP contribution is 2.25. The number of rotatable bonds is 5. The van der Waals surface area contributed by atoms with Crippen molar-refractivity contribution in [2.45, 2.75) is 33.2 Å². The van der Waals surface area contributed by atoms with Gasteiger partial charge in [-0.25, -0.2) is 0 Å². The predicted molar refractivity (Wildman–Crippen MR) is 77.5 cm³/mol. The van der Waals surface area contributed by atoms with Gasteiger partial charge in [0.2, 0.25) is 5.91 Å². The maximum atomic E-state index is 11.7. The van der Waals surface area contributed by atoms with Crippen LogP contribution in [0.15, 0.2) is 12.1 Å². The molecule has 0 aromatic heterocycles. The summed E-state index contributed by atoms with van der Waals surface area (Å²) in [6.07, 6.45) is 0.765. The summed E-state index contributed by atoms with van der Waals surface area (Å²) in [7, 11) is 3.46. The Morgan fingerprint density at radius 3 is 2.58 bits per heavy atom. The van der Waals surface area contributed by atoms with E-state index in [1.165, 1.54) is 5.56 Å². The number of aryl methyl sites for hydroxylation is 2. The second-order valence-corrected chi connectivity index (χ2v) is 5.07. The quantitative estimate of drug-likeness (QED) is 0.880. The third-order valence-corrected chi connectivity index (χ3v) is 3.18. The van der Waals surface area contributed by atoms with Gasteiger partial charge in [-0.3, -0.25) is 4.79 Å². The largest absolute Gasteiger partial charge is 0.496 e. The molecular weight excluding hydrogens is 240 g/mol. The number of hydrogen-bond donors (Lipinski definition) is 1. The van der Waals surface area contributed by atoms with Crippen molar-refractivity contribution < 1.29 is 9.53 Å². The molecule has 1 unspecified atom stereocenters. The lowest BCUT2D eigenvalue weighted by atomic mass is 10.0. The van der Waals surface area contributed by atoms with Crippen LogP contribution < -0.4 is 10.5 Å². The van der Waals surface area contributed by atoms with E-state index in [1.807, 2.05) is 6.92 Å². The Balaban J connectivity index is 2.80. The summed E-state index contributed by atoms with van der Waals surface area (Å²) < 4.78 is 5.44. The molecule has 0 heterocycles. The SMILES string of the molecule is COc1c(C)cc(C)cc1CCN(C)C(=O)C(C)N. The molecule has 0 bridgehead atoms. The van der Waals surface area contributed by atoms with Crippen LogP contribution in [0.1, 0.15) is 23.6 Å². The molecule has 0 aliphatic heterocycles. The van der Waals surface area contributed by atoms with Gasteiger partial charge >= 0.3 is 0 Å². The molecule has 0 radical (unpaired) electrons. The van der Waals surface area contributed by atoms with Gasteiger partial charge in [0.1, 0.15) is 5.75 Å². The second-order valence-electron chi connectivity index (χ2n) is 5.07. The fourth-order valence-electron chi connectivity index (χ4n) is 2.27. The molecule has 1 amide bonds. The van der Waals surface area contributed by atoms with Crippen LogP contribution in [-0.4, -0.2) is 37.6 Å². The van der Waals surface area contributed by atoms with E-state index < -0.39 is 6.04 Å². The zero-order chi connectivity index (χ0) is 14.6. The summed E-state index contributed by atoms with van der Waals surface area (Å²) in [6.45, 7) is 6.44. The van der Waals surface area contributed by atoms with Crippen molar-refractivity contribution in [2.75, 3.05) is 20.7 Å². The van der Waals surface area contributed by atoms with Crippen LogP contribution in [0.5, 0.6) is 5.75 Å². The number of carbonyl (C=O) groups is 1. The van der Waals surface area contributed by atoms with E-state index in [0.29, 0.717) is 6.54 Å². The van der Waals surface area contributed by atoms with Gasteiger partial charge in [0, 0.05) is 13.6 Å². The third-order valence-electron chi connectivity index (χ3n) is 3.18. The minimum atomic E-state index is -0.453. The molecule has 1 atom stereocenters. The number of carbonyl (C=O) groups excluding carboxylic acids is 1. The van der Waals surface area contributed by atoms with Crippen molar-refractivity contribution >= 4 is 5.91 Å². The van der Waals surface area contributed by atoms with Crippen LogP contribution in [0.3, 0.4) is 0 Å². The van der Waals surface area contributed by atoms with Crippen molar-refractivity contribution in [3.8, 4) is 5.75 Å². The second kappa shape index (κ2) is 6.57. The van der Waals surface area contributed by atoms with E-state index in [9.17, 15) is 4.79 Å². The van der Waals surface area contributed by atoms with Crippen LogP contribution in [-0.2, 0) is 11.2 Å². The van der Waals surface area contributed by atoms with Crippen molar-refractivity contribution in [3.05, 3.63) is 28.8 Å². The van der Waals surface area contributed by atoms with Crippen LogP contribution in [0.2, 0.25) is 0 Å². The number of ether oxygens (including phenoxy) is 1. The highest BCUT2D eigenvalue weighted by Gasteiger charge is 2.14. The van der Waals surface area contributed by atoms with E-state index in [0.717, 1.165) is 23.3 Å². The summed E-state index contributed by atoms with van der Waals surface area (Å²) >= 11 is 0. The molecule has 0 fully saturated rings. The fourth-order valence-corrected chi connectivity index (χ4v) is 2.27. The van der Waals surface area contributed by atoms with Gasteiger partial charge < -0.3 is 15.4 Å². The molecule has 0 aliphatic carbocycles. The molecule has 106 valence electrons. The van der Waals surface area contributed by atoms with Gasteiger partial charge in [-0.05, 0) is 38.3 Å². The van der Waals surface area contributed by atoms with Gasteiger partial charge in [-0.2, -0.15) is 0 Å². The minimum Gasteiger partial charge on any atom is -0.496 e. The maximum absolute atomic E-state index is 11.7. The average Bonchev–Trinajstić information content (AvgIpc) is 2.34. The van der Waals surface area contributed by atoms with Crippen molar-refractivity contribution in [3.63, 3.8) is 0 Å². The number of amides is 1. The lowest BCUT2D eigenvalue weighted by Gasteiger charge is -2.20. The Hall–Kier alpha value is -1.55. The Morgan fingerprint density at radius 2 is 2.05 bits per heavy atom. The van der Waals surface area contributed by atoms with E-state index in [-0.39, 0.29) is 5.91 Å². The van der Waals surface area contributed by atoms with Crippen LogP contribution in [0.25, 0.3) is 0 Å². The molecule has 0 aliphatic rings. The van der Waals surface area contributed by atoms with Gasteiger partial charge in [0.15, 0.2) is 0 Å². The van der Waals surface area contributed by atoms with Crippen molar-refractivity contribution in [1.82, 2.24) is 4.90 Å². The highest BCUT2D eigenvalue weighted by molar-refractivity contribution is 5.80. The highest BCUT2D eigenvalue weighted by atomic mass is 16.5. The first-order chi connectivity index (χ1) is 8.86. The summed E-state index contributed by atoms with van der Waals surface area (Å²) in [6, 6.07) is 3.75. The number of methoxy groups -OCH3 is 1. The summed E-state index contributed by atoms with van der Waals surface area (Å²) in [5.41, 5.74) is 9.05. The normalized spacial score (nSPS) is 12.1. The molecule has 0 saturated heterocycles. The topological polar surface area (TPSA) is 55.6 Å². The van der Waals surface area contributed by atoms with E-state index in [1.54, 1.807) is 26.0 Å². The first-order valence-electron chi connectivity index (χ1n) is 6.51. The molecule has 1 aromatic rings. The van der Waals surface area contributed by atoms with Crippen LogP contribution in [0.4, 0.5) is 0 Å². The molecule has 4 nitrogen and oxygen atoms in total. The first kappa shape index (κ1) is 15.5. The lowest BCUT2D eigenvalue weighted by molar-refractivity contribution is -0.130. The molecular formula is C15H24N2O2. The number of benzene rings is 1. The third kappa shape index (κ3) is 3.96. The number of hydrogen-bond acceptors (Lipinski definition) is 3. The Morgan fingerprint density at radius 1 is 1.42 bits per heavy atom. The summed E-state index contributed by atoms with van der Waals surface area (Å²) in [4.78, 5) is 13.4. The average molecular weight is 264 g/mol. The maximum Gasteiger partial charge on any atom is 0.238 e. The predicted octanol–water partition coefficient (Wildman–Crippen LogP) is 1.66. The van der Waals surface area contributed by atoms with E-state index >= 15 is 0 Å². The smallest absolute Gasteiger partial charge is 0.238 e. The van der Waals surface area contributed by atoms with Gasteiger partial charge in [0.05, 0.1) is 13.2 Å². The number of nitrogens with zero attached hydrogens (tertiary/aromatic N) is 1. The zero-order valence-corrected chi connectivity index (χ0v) is 12.5. The van der Waals surface area contributed by atoms with Crippen molar-refractivity contribution in [1.29, 1.82) is 0 Å². The van der Waals surface area contributed by atoms with Crippen LogP contribution in [0, 0.1) is 13.8 Å². The van der Waals surface area contributed by atoms with Gasteiger partial charge in [-0.15, -0.1) is 0 Å². The monoisotopic (exact) mass is 264 g/mol. The Labute approximate surface area is 115 Å². The first-order valence-corrected chi connectivity index (χ1v) is 6.51. The number of likely N-dealkylation sites (N-methyl/N-ethyl adjacent to an activating group) is 1. The zero-order valence-electron chi connectivity index (χ0n) is 12.5. The summed E-state index contributed by atoms with van der Waals surface area (Å²) in [5.74, 6) is 0.871. The minimum absolute atomic E-state index is 0.0386. The van der Waals surface area contributed by atoms with E-state index in [2.05, 4.69) is 19.1 Å². The van der Waals surface area contributed by atoms with E-state index in [4.69, 9.17) is 10.5 Å². The molecule has 0 spiro atoms. The Bertz CT molecular complexity index is 456. The molecule has 1 aromatic carbocycles. The molecule has 4 heteroatoms. The van der Waals surface area contributed by atoms with Crippen molar-refractivity contribution in [2.24, 2.45) is 5.73 Å². The lowest BCUT2D eigenvalue weighted by Crippen LogP contribution is -2.40. The molecule has 2 N–H and O–H groups in total. The fraction of sp³-hybridized carbons (Fsp3) is 0.533. The number of nitrogens with two attached hydrogens (primary N) is 1. The molecule has 0 saturated carbocycles. The molecule has 19 heavy (non-hydrogen) atoms. The molecule has 1 rings (SSSR count). The standard InChI is InChI=1S/C15H24N2O2/c1-10-8-11(2)14(19-5)13(9-10)6-7-17(4)15(18)12(3)16/h8-9,12H,6-7,16H2,1-5H3. The van der Waals surface area contributed by atoms with Gasteiger partial charge in [-0.1, -0.05) is 17.7 Å². The van der Waals surface area contributed by atoms with Crippen LogP contribution >= 0.6 is 0 Å². The van der Waals surface area contributed by atoms with Gasteiger partial charge in [0.25, 0.3) is 0 Å².